The smallest absolute Gasteiger partial charge is 0.410 e. The number of carbonyl (C=O) groups is 3. The molecule has 214 valence electrons. The van der Waals surface area contributed by atoms with E-state index >= 15 is 0 Å². The third-order valence-electron chi connectivity index (χ3n) is 7.84. The number of hydrogen-bond acceptors (Lipinski definition) is 7. The summed E-state index contributed by atoms with van der Waals surface area (Å²) < 4.78 is 16.2. The molecule has 2 aromatic carbocycles. The second-order valence-electron chi connectivity index (χ2n) is 11.8. The summed E-state index contributed by atoms with van der Waals surface area (Å²) >= 11 is 5.61. The van der Waals surface area contributed by atoms with Gasteiger partial charge in [-0.3, -0.25) is 9.69 Å². The van der Waals surface area contributed by atoms with Crippen molar-refractivity contribution in [2.24, 2.45) is 0 Å². The molecule has 10 heteroatoms. The highest BCUT2D eigenvalue weighted by Crippen LogP contribution is 2.44. The van der Waals surface area contributed by atoms with Crippen molar-refractivity contribution in [3.63, 3.8) is 0 Å². The Hall–Kier alpha value is -3.30. The SMILES string of the molecule is CC(C)(C)OC(=O)N1CC(CC(=O)OCCl)(N2CCC(NC(=O)OCC3c4ccccc4-c4ccccc43)C2)C1. The van der Waals surface area contributed by atoms with E-state index in [2.05, 4.69) is 34.5 Å². The Balaban J connectivity index is 1.18. The van der Waals surface area contributed by atoms with E-state index in [0.29, 0.717) is 32.6 Å². The normalized spacial score (nSPS) is 19.8. The lowest BCUT2D eigenvalue weighted by atomic mass is 9.84. The largest absolute Gasteiger partial charge is 0.449 e. The average Bonchev–Trinajstić information content (AvgIpc) is 3.46. The molecule has 0 saturated carbocycles. The monoisotopic (exact) mass is 569 g/mol. The fourth-order valence-electron chi connectivity index (χ4n) is 6.04. The molecule has 2 fully saturated rings. The van der Waals surface area contributed by atoms with Crippen LogP contribution in [0.2, 0.25) is 0 Å². The molecule has 2 saturated heterocycles. The highest BCUT2D eigenvalue weighted by molar-refractivity contribution is 6.17. The molecule has 2 aliphatic heterocycles. The number of halogens is 1. The third-order valence-corrected chi connectivity index (χ3v) is 7.94. The summed E-state index contributed by atoms with van der Waals surface area (Å²) in [4.78, 5) is 41.6. The van der Waals surface area contributed by atoms with Crippen molar-refractivity contribution in [3.8, 4) is 11.1 Å². The van der Waals surface area contributed by atoms with Gasteiger partial charge in [0.2, 0.25) is 0 Å². The summed E-state index contributed by atoms with van der Waals surface area (Å²) in [6.07, 6.45) is -0.0887. The summed E-state index contributed by atoms with van der Waals surface area (Å²) in [7, 11) is 0. The maximum absolute atomic E-state index is 12.8. The van der Waals surface area contributed by atoms with Crippen LogP contribution in [0.15, 0.2) is 48.5 Å². The van der Waals surface area contributed by atoms with Crippen LogP contribution in [0.5, 0.6) is 0 Å². The molecule has 1 unspecified atom stereocenters. The van der Waals surface area contributed by atoms with Gasteiger partial charge >= 0.3 is 18.2 Å². The molecule has 2 amide bonds. The number of nitrogens with one attached hydrogen (secondary N) is 1. The Labute approximate surface area is 239 Å². The van der Waals surface area contributed by atoms with Crippen LogP contribution in [-0.2, 0) is 19.0 Å². The Bertz CT molecular complexity index is 1230. The summed E-state index contributed by atoms with van der Waals surface area (Å²) in [6, 6.07) is 16.1. The third kappa shape index (κ3) is 5.90. The number of hydrogen-bond donors (Lipinski definition) is 1. The van der Waals surface area contributed by atoms with Gasteiger partial charge in [0, 0.05) is 38.1 Å². The van der Waals surface area contributed by atoms with Crippen molar-refractivity contribution in [3.05, 3.63) is 59.7 Å². The van der Waals surface area contributed by atoms with Gasteiger partial charge in [0.15, 0.2) is 6.07 Å². The predicted molar refractivity (Wildman–Crippen MR) is 150 cm³/mol. The number of amides is 2. The average molecular weight is 570 g/mol. The predicted octanol–water partition coefficient (Wildman–Crippen LogP) is 4.72. The molecule has 40 heavy (non-hydrogen) atoms. The van der Waals surface area contributed by atoms with Crippen LogP contribution in [0, 0.1) is 0 Å². The Morgan fingerprint density at radius 2 is 1.62 bits per heavy atom. The summed E-state index contributed by atoms with van der Waals surface area (Å²) in [5.74, 6) is -0.435. The number of ether oxygens (including phenoxy) is 3. The van der Waals surface area contributed by atoms with Crippen molar-refractivity contribution in [1.82, 2.24) is 15.1 Å². The number of esters is 1. The van der Waals surface area contributed by atoms with E-state index in [1.165, 1.54) is 11.1 Å². The van der Waals surface area contributed by atoms with Gasteiger partial charge in [-0.15, -0.1) is 0 Å². The van der Waals surface area contributed by atoms with Crippen molar-refractivity contribution in [2.45, 2.75) is 56.7 Å². The zero-order chi connectivity index (χ0) is 28.5. The fraction of sp³-hybridized carbons (Fsp3) is 0.500. The highest BCUT2D eigenvalue weighted by Gasteiger charge is 2.53. The molecule has 1 aliphatic carbocycles. The lowest BCUT2D eigenvalue weighted by Gasteiger charge is -2.54. The first kappa shape index (κ1) is 28.2. The summed E-state index contributed by atoms with van der Waals surface area (Å²) in [5.41, 5.74) is 3.47. The van der Waals surface area contributed by atoms with Gasteiger partial charge in [-0.05, 0) is 49.4 Å². The number of fused-ring (bicyclic) bond motifs is 3. The molecule has 0 spiro atoms. The van der Waals surface area contributed by atoms with Crippen LogP contribution < -0.4 is 5.32 Å². The maximum Gasteiger partial charge on any atom is 0.410 e. The van der Waals surface area contributed by atoms with Gasteiger partial charge in [0.25, 0.3) is 0 Å². The first-order valence-electron chi connectivity index (χ1n) is 13.6. The van der Waals surface area contributed by atoms with Crippen LogP contribution in [0.4, 0.5) is 9.59 Å². The molecule has 0 radical (unpaired) electrons. The van der Waals surface area contributed by atoms with E-state index < -0.39 is 29.3 Å². The number of carbonyl (C=O) groups excluding carboxylic acids is 3. The topological polar surface area (TPSA) is 97.4 Å². The van der Waals surface area contributed by atoms with Gasteiger partial charge in [0.05, 0.1) is 12.0 Å². The molecule has 3 aliphatic rings. The van der Waals surface area contributed by atoms with E-state index in [0.717, 1.165) is 11.1 Å². The van der Waals surface area contributed by atoms with Gasteiger partial charge in [0.1, 0.15) is 12.2 Å². The van der Waals surface area contributed by atoms with Crippen LogP contribution in [0.25, 0.3) is 11.1 Å². The lowest BCUT2D eigenvalue weighted by Crippen LogP contribution is -2.72. The lowest BCUT2D eigenvalue weighted by molar-refractivity contribution is -0.149. The van der Waals surface area contributed by atoms with Crippen LogP contribution >= 0.6 is 11.6 Å². The van der Waals surface area contributed by atoms with E-state index in [1.807, 2.05) is 45.0 Å². The van der Waals surface area contributed by atoms with Crippen LogP contribution in [0.3, 0.4) is 0 Å². The van der Waals surface area contributed by atoms with Crippen molar-refractivity contribution >= 4 is 29.8 Å². The molecule has 1 atom stereocenters. The fourth-order valence-corrected chi connectivity index (χ4v) is 6.16. The first-order valence-corrected chi connectivity index (χ1v) is 14.2. The number of nitrogens with zero attached hydrogens (tertiary/aromatic N) is 2. The zero-order valence-electron chi connectivity index (χ0n) is 23.2. The van der Waals surface area contributed by atoms with Crippen LogP contribution in [-0.4, -0.2) is 84.0 Å². The van der Waals surface area contributed by atoms with E-state index in [9.17, 15) is 14.4 Å². The molecule has 9 nitrogen and oxygen atoms in total. The second kappa shape index (κ2) is 11.3. The molecular formula is C30H36ClN3O6. The Kier molecular flexibility index (Phi) is 7.97. The quantitative estimate of drug-likeness (QED) is 0.293. The van der Waals surface area contributed by atoms with Gasteiger partial charge in [-0.2, -0.15) is 0 Å². The van der Waals surface area contributed by atoms with E-state index in [-0.39, 0.29) is 31.1 Å². The maximum atomic E-state index is 12.8. The molecule has 2 aromatic rings. The number of benzene rings is 2. The summed E-state index contributed by atoms with van der Waals surface area (Å²) in [5, 5.41) is 3.00. The Morgan fingerprint density at radius 1 is 1.00 bits per heavy atom. The molecule has 5 rings (SSSR count). The summed E-state index contributed by atoms with van der Waals surface area (Å²) in [6.45, 7) is 7.54. The van der Waals surface area contributed by atoms with Crippen LogP contribution in [0.1, 0.15) is 50.7 Å². The Morgan fingerprint density at radius 3 is 2.23 bits per heavy atom. The van der Waals surface area contributed by atoms with Crippen molar-refractivity contribution in [1.29, 1.82) is 0 Å². The van der Waals surface area contributed by atoms with E-state index in [1.54, 1.807) is 4.90 Å². The first-order chi connectivity index (χ1) is 19.1. The van der Waals surface area contributed by atoms with Crippen molar-refractivity contribution in [2.75, 3.05) is 38.9 Å². The van der Waals surface area contributed by atoms with Crippen molar-refractivity contribution < 1.29 is 28.6 Å². The molecule has 2 heterocycles. The standard InChI is InChI=1S/C30H36ClN3O6/c1-29(2,3)40-28(37)33-17-30(18-33,14-26(35)39-19-31)34-13-12-20(15-34)32-27(36)38-16-25-23-10-6-4-8-21(23)22-9-5-7-11-24(22)25/h4-11,20,25H,12-19H2,1-3H3,(H,32,36). The minimum Gasteiger partial charge on any atom is -0.449 e. The molecule has 0 bridgehead atoms. The second-order valence-corrected chi connectivity index (χ2v) is 12.0. The zero-order valence-corrected chi connectivity index (χ0v) is 23.9. The van der Waals surface area contributed by atoms with Gasteiger partial charge < -0.3 is 24.4 Å². The highest BCUT2D eigenvalue weighted by atomic mass is 35.5. The van der Waals surface area contributed by atoms with Gasteiger partial charge in [-0.25, -0.2) is 9.59 Å². The van der Waals surface area contributed by atoms with E-state index in [4.69, 9.17) is 25.8 Å². The number of likely N-dealkylation sites (tertiary alicyclic amines) is 2. The van der Waals surface area contributed by atoms with Gasteiger partial charge in [-0.1, -0.05) is 60.1 Å². The molecular weight excluding hydrogens is 534 g/mol. The minimum absolute atomic E-state index is 0.0109. The molecule has 0 aromatic heterocycles. The molecule has 1 N–H and O–H groups in total. The minimum atomic E-state index is -0.613. The number of alkyl carbamates (subject to hydrolysis) is 1. The number of alkyl halides is 1. The number of rotatable bonds is 7.